The molecule has 41 heavy (non-hydrogen) atoms. The summed E-state index contributed by atoms with van der Waals surface area (Å²) in [6.45, 7) is 5.57. The van der Waals surface area contributed by atoms with E-state index in [9.17, 15) is 17.6 Å². The van der Waals surface area contributed by atoms with Crippen LogP contribution in [0.2, 0.25) is 0 Å². The van der Waals surface area contributed by atoms with Crippen LogP contribution in [-0.4, -0.2) is 39.0 Å². The zero-order valence-electron chi connectivity index (χ0n) is 22.4. The van der Waals surface area contributed by atoms with Gasteiger partial charge in [-0.25, -0.2) is 18.7 Å². The van der Waals surface area contributed by atoms with E-state index in [4.69, 9.17) is 5.73 Å². The highest BCUT2D eigenvalue weighted by Gasteiger charge is 2.56. The highest BCUT2D eigenvalue weighted by Crippen LogP contribution is 2.60. The summed E-state index contributed by atoms with van der Waals surface area (Å²) < 4.78 is 78.0. The Morgan fingerprint density at radius 3 is 2.49 bits per heavy atom. The van der Waals surface area contributed by atoms with Crippen molar-refractivity contribution in [2.45, 2.75) is 57.3 Å². The number of aromatic amines is 1. The number of halogens is 5. The molecule has 216 valence electrons. The number of H-pyrrole nitrogens is 1. The maximum Gasteiger partial charge on any atom is 0.573 e. The molecule has 4 aromatic rings. The van der Waals surface area contributed by atoms with Crippen molar-refractivity contribution >= 4 is 16.6 Å². The number of alkyl halides is 3. The number of nitrogens with one attached hydrogen (secondary N) is 2. The molecule has 2 atom stereocenters. The summed E-state index contributed by atoms with van der Waals surface area (Å²) in [6.07, 6.45) is 0.339. The Kier molecular flexibility index (Phi) is 5.87. The number of imidazole rings is 1. The molecule has 3 aliphatic rings. The van der Waals surface area contributed by atoms with Gasteiger partial charge in [-0.2, -0.15) is 0 Å². The molecule has 4 N–H and O–H groups in total. The number of anilines is 1. The summed E-state index contributed by atoms with van der Waals surface area (Å²) >= 11 is 0. The summed E-state index contributed by atoms with van der Waals surface area (Å²) in [6, 6.07) is 1.83. The van der Waals surface area contributed by atoms with Crippen molar-refractivity contribution in [2.75, 3.05) is 18.8 Å². The number of hydrogen-bond donors (Lipinski definition) is 3. The Balaban J connectivity index is 1.55. The quantitative estimate of drug-likeness (QED) is 0.182. The van der Waals surface area contributed by atoms with Crippen LogP contribution in [0.5, 0.6) is 5.75 Å². The van der Waals surface area contributed by atoms with Gasteiger partial charge in [0.1, 0.15) is 11.5 Å². The molecule has 4 heterocycles. The predicted octanol–water partition coefficient (Wildman–Crippen LogP) is 6.17. The zero-order chi connectivity index (χ0) is 28.8. The monoisotopic (exact) mass is 572 g/mol. The fraction of sp³-hybridized carbons (Fsp3) is 0.448. The van der Waals surface area contributed by atoms with Gasteiger partial charge in [-0.15, -0.1) is 13.2 Å². The fourth-order valence-corrected chi connectivity index (χ4v) is 6.75. The molecule has 1 aliphatic heterocycles. The SMILES string of the molecule is CC(C)c1nc(-c2cc(N)cc(F)c2OC(F)(F)F)c(F)c2c1c(C1C3CNCC31)c(Cc1ncc[nH]1)n2C1CC1. The molecular formula is C29H29F5N6O. The average Bonchev–Trinajstić information content (AvgIpc) is 3.64. The van der Waals surface area contributed by atoms with E-state index in [0.717, 1.165) is 55.1 Å². The van der Waals surface area contributed by atoms with Gasteiger partial charge in [-0.3, -0.25) is 0 Å². The number of ether oxygens (including phenoxy) is 1. The first-order valence-electron chi connectivity index (χ1n) is 13.8. The van der Waals surface area contributed by atoms with Crippen LogP contribution >= 0.6 is 0 Å². The molecule has 0 bridgehead atoms. The van der Waals surface area contributed by atoms with Crippen LogP contribution in [0, 0.1) is 23.5 Å². The van der Waals surface area contributed by atoms with Crippen molar-refractivity contribution in [1.29, 1.82) is 0 Å². The summed E-state index contributed by atoms with van der Waals surface area (Å²) in [5, 5.41) is 4.13. The lowest BCUT2D eigenvalue weighted by Crippen LogP contribution is -2.19. The molecule has 0 amide bonds. The van der Waals surface area contributed by atoms with Crippen molar-refractivity contribution < 1.29 is 26.7 Å². The largest absolute Gasteiger partial charge is 0.573 e. The molecule has 2 saturated carbocycles. The Bertz CT molecular complexity index is 1650. The molecule has 1 aromatic carbocycles. The minimum atomic E-state index is -5.21. The van der Waals surface area contributed by atoms with E-state index >= 15 is 4.39 Å². The smallest absolute Gasteiger partial charge is 0.402 e. The summed E-state index contributed by atoms with van der Waals surface area (Å²) in [4.78, 5) is 12.2. The van der Waals surface area contributed by atoms with Gasteiger partial charge in [0.15, 0.2) is 17.4 Å². The van der Waals surface area contributed by atoms with Crippen LogP contribution in [0.25, 0.3) is 22.2 Å². The number of nitrogens with two attached hydrogens (primary N) is 1. The van der Waals surface area contributed by atoms with Crippen molar-refractivity contribution in [3.05, 3.63) is 58.9 Å². The highest BCUT2D eigenvalue weighted by molar-refractivity contribution is 5.94. The van der Waals surface area contributed by atoms with Gasteiger partial charge < -0.3 is 25.3 Å². The maximum absolute atomic E-state index is 17.0. The minimum Gasteiger partial charge on any atom is -0.402 e. The number of rotatable bonds is 7. The van der Waals surface area contributed by atoms with E-state index in [1.54, 1.807) is 12.4 Å². The summed E-state index contributed by atoms with van der Waals surface area (Å²) in [5.41, 5.74) is 7.59. The number of nitrogens with zero attached hydrogens (tertiary/aromatic N) is 3. The third kappa shape index (κ3) is 4.34. The Morgan fingerprint density at radius 1 is 1.15 bits per heavy atom. The number of piperidine rings is 1. The molecule has 7 rings (SSSR count). The van der Waals surface area contributed by atoms with E-state index in [2.05, 4.69) is 25.0 Å². The maximum atomic E-state index is 17.0. The zero-order valence-corrected chi connectivity index (χ0v) is 22.4. The minimum absolute atomic E-state index is 0.0289. The molecule has 2 unspecified atom stereocenters. The van der Waals surface area contributed by atoms with E-state index in [-0.39, 0.29) is 29.1 Å². The number of aromatic nitrogens is 4. The van der Waals surface area contributed by atoms with Gasteiger partial charge in [0.05, 0.1) is 16.8 Å². The molecule has 1 saturated heterocycles. The second kappa shape index (κ2) is 9.17. The van der Waals surface area contributed by atoms with Gasteiger partial charge >= 0.3 is 6.36 Å². The van der Waals surface area contributed by atoms with E-state index in [0.29, 0.717) is 29.3 Å². The Morgan fingerprint density at radius 2 is 1.88 bits per heavy atom. The lowest BCUT2D eigenvalue weighted by Gasteiger charge is -2.18. The number of fused-ring (bicyclic) bond motifs is 2. The van der Waals surface area contributed by atoms with Crippen molar-refractivity contribution in [3.8, 4) is 17.0 Å². The first-order chi connectivity index (χ1) is 19.5. The van der Waals surface area contributed by atoms with Gasteiger partial charge in [-0.05, 0) is 61.2 Å². The molecule has 2 aliphatic carbocycles. The second-order valence-corrected chi connectivity index (χ2v) is 11.7. The van der Waals surface area contributed by atoms with Crippen molar-refractivity contribution in [1.82, 2.24) is 24.8 Å². The Labute approximate surface area is 232 Å². The molecule has 12 heteroatoms. The van der Waals surface area contributed by atoms with Gasteiger partial charge in [0, 0.05) is 47.7 Å². The molecule has 7 nitrogen and oxygen atoms in total. The highest BCUT2D eigenvalue weighted by atomic mass is 19.4. The molecular weight excluding hydrogens is 543 g/mol. The Hall–Kier alpha value is -3.67. The number of hydrogen-bond acceptors (Lipinski definition) is 5. The van der Waals surface area contributed by atoms with Crippen LogP contribution in [0.3, 0.4) is 0 Å². The molecule has 0 spiro atoms. The van der Waals surface area contributed by atoms with E-state index < -0.39 is 35.0 Å². The topological polar surface area (TPSA) is 93.8 Å². The molecule has 3 aromatic heterocycles. The van der Waals surface area contributed by atoms with Crippen LogP contribution in [0.1, 0.15) is 67.3 Å². The van der Waals surface area contributed by atoms with E-state index in [1.165, 1.54) is 0 Å². The number of benzene rings is 1. The number of nitrogen functional groups attached to an aromatic ring is 1. The van der Waals surface area contributed by atoms with Crippen molar-refractivity contribution in [2.24, 2.45) is 11.8 Å². The van der Waals surface area contributed by atoms with Crippen LogP contribution in [0.15, 0.2) is 24.5 Å². The first kappa shape index (κ1) is 26.2. The van der Waals surface area contributed by atoms with Crippen molar-refractivity contribution in [3.63, 3.8) is 0 Å². The third-order valence-electron chi connectivity index (χ3n) is 8.57. The van der Waals surface area contributed by atoms with E-state index in [1.807, 2.05) is 18.4 Å². The van der Waals surface area contributed by atoms with Gasteiger partial charge in [-0.1, -0.05) is 13.8 Å². The normalized spacial score (nSPS) is 22.1. The summed E-state index contributed by atoms with van der Waals surface area (Å²) in [7, 11) is 0. The standard InChI is InChI=1S/C29H29F5N6O/c1-12(2)25-23-22(21-16-10-36-11-17(16)21)19(9-20-37-5-6-38-20)40(14-3-4-14)27(23)24(31)26(39-25)15-7-13(35)8-18(30)28(15)41-29(32,33)34/h5-8,12,14,16-17,21,36H,3-4,9-11,35H2,1-2H3,(H,37,38). The summed E-state index contributed by atoms with van der Waals surface area (Å²) in [5.74, 6) is -1.75. The van der Waals surface area contributed by atoms with Gasteiger partial charge in [0.25, 0.3) is 0 Å². The molecule has 0 radical (unpaired) electrons. The average molecular weight is 573 g/mol. The van der Waals surface area contributed by atoms with Gasteiger partial charge in [0.2, 0.25) is 0 Å². The lowest BCUT2D eigenvalue weighted by atomic mass is 9.95. The lowest BCUT2D eigenvalue weighted by molar-refractivity contribution is -0.275. The first-order valence-corrected chi connectivity index (χ1v) is 13.8. The number of pyridine rings is 1. The third-order valence-corrected chi connectivity index (χ3v) is 8.57. The second-order valence-electron chi connectivity index (χ2n) is 11.7. The van der Waals surface area contributed by atoms with Crippen LogP contribution in [-0.2, 0) is 6.42 Å². The van der Waals surface area contributed by atoms with Crippen LogP contribution in [0.4, 0.5) is 27.6 Å². The molecule has 3 fully saturated rings. The van der Waals surface area contributed by atoms with Crippen LogP contribution < -0.4 is 15.8 Å². The predicted molar refractivity (Wildman–Crippen MR) is 143 cm³/mol. The fourth-order valence-electron chi connectivity index (χ4n) is 6.75.